The van der Waals surface area contributed by atoms with Crippen molar-refractivity contribution in [1.82, 2.24) is 9.97 Å². The monoisotopic (exact) mass is 386 g/mol. The van der Waals surface area contributed by atoms with Crippen molar-refractivity contribution in [2.45, 2.75) is 25.2 Å². The van der Waals surface area contributed by atoms with Crippen molar-refractivity contribution in [1.29, 1.82) is 0 Å². The molecular weight excluding hydrogens is 368 g/mol. The van der Waals surface area contributed by atoms with E-state index < -0.39 is 9.84 Å². The molecule has 0 aliphatic carbocycles. The van der Waals surface area contributed by atoms with Gasteiger partial charge in [0.05, 0.1) is 21.4 Å². The normalized spacial score (nSPS) is 11.5. The second kappa shape index (κ2) is 7.56. The third-order valence-corrected chi connectivity index (χ3v) is 6.18. The Morgan fingerprint density at radius 3 is 2.27 bits per heavy atom. The van der Waals surface area contributed by atoms with Gasteiger partial charge in [-0.25, -0.2) is 8.42 Å². The predicted molar refractivity (Wildman–Crippen MR) is 105 cm³/mol. The van der Waals surface area contributed by atoms with Gasteiger partial charge in [-0.3, -0.25) is 9.97 Å². The fourth-order valence-electron chi connectivity index (χ4n) is 2.73. The molecule has 3 aromatic rings. The molecule has 134 valence electrons. The molecular formula is C20H19ClN2O2S. The summed E-state index contributed by atoms with van der Waals surface area (Å²) in [4.78, 5) is 9.12. The molecule has 0 spiro atoms. The Bertz CT molecular complexity index is 1010. The largest absolute Gasteiger partial charge is 0.261 e. The lowest BCUT2D eigenvalue weighted by Gasteiger charge is -2.11. The van der Waals surface area contributed by atoms with Crippen LogP contribution in [0.25, 0.3) is 22.4 Å². The molecule has 0 aliphatic rings. The van der Waals surface area contributed by atoms with Crippen LogP contribution in [0.3, 0.4) is 0 Å². The van der Waals surface area contributed by atoms with Crippen molar-refractivity contribution in [2.24, 2.45) is 0 Å². The van der Waals surface area contributed by atoms with Crippen molar-refractivity contribution in [3.05, 3.63) is 65.6 Å². The number of aromatic nitrogens is 2. The van der Waals surface area contributed by atoms with E-state index in [1.54, 1.807) is 36.7 Å². The van der Waals surface area contributed by atoms with Crippen molar-refractivity contribution in [3.8, 4) is 22.4 Å². The molecule has 3 rings (SSSR count). The summed E-state index contributed by atoms with van der Waals surface area (Å²) >= 11 is 6.15. The number of pyridine rings is 2. The summed E-state index contributed by atoms with van der Waals surface area (Å²) < 4.78 is 24.4. The van der Waals surface area contributed by atoms with Gasteiger partial charge in [-0.2, -0.15) is 0 Å². The summed E-state index contributed by atoms with van der Waals surface area (Å²) in [6.45, 7) is 3.78. The third kappa shape index (κ3) is 3.94. The maximum atomic E-state index is 12.2. The molecule has 1 aromatic carbocycles. The van der Waals surface area contributed by atoms with Crippen LogP contribution in [-0.4, -0.2) is 24.1 Å². The second-order valence-electron chi connectivity index (χ2n) is 6.08. The molecule has 0 aliphatic heterocycles. The van der Waals surface area contributed by atoms with Crippen LogP contribution in [0.2, 0.25) is 5.02 Å². The Labute approximate surface area is 158 Å². The number of nitrogens with zero attached hydrogens (tertiary/aromatic N) is 2. The molecule has 0 saturated heterocycles. The maximum absolute atomic E-state index is 12.2. The van der Waals surface area contributed by atoms with Crippen LogP contribution >= 0.6 is 11.6 Å². The minimum atomic E-state index is -3.24. The van der Waals surface area contributed by atoms with Gasteiger partial charge in [-0.1, -0.05) is 30.7 Å². The fraction of sp³-hybridized carbons (Fsp3) is 0.200. The molecule has 4 nitrogen and oxygen atoms in total. The standard InChI is InChI=1S/C20H19ClN2O2S/c1-3-10-26(24,25)18-8-6-15(7-9-18)19-11-17(21)13-23-20(19)16-5-4-14(2)22-12-16/h4-9,11-13H,3,10H2,1-2H3. The smallest absolute Gasteiger partial charge is 0.178 e. The average Bonchev–Trinajstić information content (AvgIpc) is 2.63. The number of halogens is 1. The van der Waals surface area contributed by atoms with Gasteiger partial charge in [-0.15, -0.1) is 0 Å². The van der Waals surface area contributed by atoms with Gasteiger partial charge in [0.1, 0.15) is 0 Å². The highest BCUT2D eigenvalue weighted by atomic mass is 35.5. The minimum Gasteiger partial charge on any atom is -0.261 e. The number of benzene rings is 1. The van der Waals surface area contributed by atoms with Gasteiger partial charge in [0.25, 0.3) is 0 Å². The Morgan fingerprint density at radius 2 is 1.65 bits per heavy atom. The number of sulfone groups is 1. The van der Waals surface area contributed by atoms with E-state index in [0.717, 1.165) is 28.1 Å². The fourth-order valence-corrected chi connectivity index (χ4v) is 4.21. The van der Waals surface area contributed by atoms with E-state index in [4.69, 9.17) is 11.6 Å². The van der Waals surface area contributed by atoms with Gasteiger partial charge in [0.2, 0.25) is 0 Å². The van der Waals surface area contributed by atoms with Crippen LogP contribution in [0.4, 0.5) is 0 Å². The molecule has 0 fully saturated rings. The molecule has 0 radical (unpaired) electrons. The topological polar surface area (TPSA) is 59.9 Å². The van der Waals surface area contributed by atoms with Gasteiger partial charge < -0.3 is 0 Å². The molecule has 0 amide bonds. The van der Waals surface area contributed by atoms with Crippen molar-refractivity contribution < 1.29 is 8.42 Å². The quantitative estimate of drug-likeness (QED) is 0.622. The van der Waals surface area contributed by atoms with Crippen LogP contribution in [0, 0.1) is 6.92 Å². The SMILES string of the molecule is CCCS(=O)(=O)c1ccc(-c2cc(Cl)cnc2-c2ccc(C)nc2)cc1. The lowest BCUT2D eigenvalue weighted by molar-refractivity contribution is 0.595. The lowest BCUT2D eigenvalue weighted by Crippen LogP contribution is -2.05. The highest BCUT2D eigenvalue weighted by Crippen LogP contribution is 2.32. The molecule has 26 heavy (non-hydrogen) atoms. The summed E-state index contributed by atoms with van der Waals surface area (Å²) in [5.74, 6) is 0.144. The highest BCUT2D eigenvalue weighted by Gasteiger charge is 2.15. The van der Waals surface area contributed by atoms with E-state index in [-0.39, 0.29) is 5.75 Å². The van der Waals surface area contributed by atoms with Crippen molar-refractivity contribution >= 4 is 21.4 Å². The summed E-state index contributed by atoms with van der Waals surface area (Å²) in [5.41, 5.74) is 4.25. The van der Waals surface area contributed by atoms with E-state index in [0.29, 0.717) is 16.3 Å². The van der Waals surface area contributed by atoms with Crippen LogP contribution in [0.5, 0.6) is 0 Å². The average molecular weight is 387 g/mol. The minimum absolute atomic E-state index is 0.144. The highest BCUT2D eigenvalue weighted by molar-refractivity contribution is 7.91. The summed E-state index contributed by atoms with van der Waals surface area (Å²) in [6.07, 6.45) is 3.96. The number of aryl methyl sites for hydroxylation is 1. The van der Waals surface area contributed by atoms with Crippen LogP contribution in [0.1, 0.15) is 19.0 Å². The first-order chi connectivity index (χ1) is 12.4. The second-order valence-corrected chi connectivity index (χ2v) is 8.63. The van der Waals surface area contributed by atoms with Gasteiger partial charge in [0.15, 0.2) is 9.84 Å². The summed E-state index contributed by atoms with van der Waals surface area (Å²) in [6, 6.07) is 12.6. The van der Waals surface area contributed by atoms with E-state index in [9.17, 15) is 8.42 Å². The molecule has 0 saturated carbocycles. The third-order valence-electron chi connectivity index (χ3n) is 4.04. The first kappa shape index (κ1) is 18.5. The lowest BCUT2D eigenvalue weighted by atomic mass is 10.0. The Balaban J connectivity index is 2.06. The molecule has 0 bridgehead atoms. The number of rotatable bonds is 5. The van der Waals surface area contributed by atoms with E-state index >= 15 is 0 Å². The van der Waals surface area contributed by atoms with E-state index in [1.807, 2.05) is 32.0 Å². The molecule has 6 heteroatoms. The van der Waals surface area contributed by atoms with Gasteiger partial charge >= 0.3 is 0 Å². The van der Waals surface area contributed by atoms with Crippen molar-refractivity contribution in [2.75, 3.05) is 5.75 Å². The molecule has 0 N–H and O–H groups in total. The predicted octanol–water partition coefficient (Wildman–Crippen LogP) is 4.96. The first-order valence-corrected chi connectivity index (χ1v) is 10.4. The Morgan fingerprint density at radius 1 is 0.962 bits per heavy atom. The van der Waals surface area contributed by atoms with Gasteiger partial charge in [0, 0.05) is 29.2 Å². The molecule has 2 heterocycles. The van der Waals surface area contributed by atoms with E-state index in [2.05, 4.69) is 9.97 Å². The molecule has 0 atom stereocenters. The number of hydrogen-bond donors (Lipinski definition) is 0. The van der Waals surface area contributed by atoms with Crippen LogP contribution in [-0.2, 0) is 9.84 Å². The first-order valence-electron chi connectivity index (χ1n) is 8.32. The molecule has 2 aromatic heterocycles. The van der Waals surface area contributed by atoms with Crippen molar-refractivity contribution in [3.63, 3.8) is 0 Å². The Hall–Kier alpha value is -2.24. The van der Waals surface area contributed by atoms with Crippen LogP contribution in [0.15, 0.2) is 59.8 Å². The number of hydrogen-bond acceptors (Lipinski definition) is 4. The zero-order chi connectivity index (χ0) is 18.7. The maximum Gasteiger partial charge on any atom is 0.178 e. The zero-order valence-corrected chi connectivity index (χ0v) is 16.2. The zero-order valence-electron chi connectivity index (χ0n) is 14.6. The van der Waals surface area contributed by atoms with E-state index in [1.165, 1.54) is 0 Å². The Kier molecular flexibility index (Phi) is 5.39. The summed E-state index contributed by atoms with van der Waals surface area (Å²) in [7, 11) is -3.24. The summed E-state index contributed by atoms with van der Waals surface area (Å²) in [5, 5.41) is 0.520. The van der Waals surface area contributed by atoms with Gasteiger partial charge in [-0.05, 0) is 49.2 Å². The van der Waals surface area contributed by atoms with Crippen LogP contribution < -0.4 is 0 Å². The molecule has 0 unspecified atom stereocenters.